The Bertz CT molecular complexity index is 545. The number of hydrogen-bond donors (Lipinski definition) is 1. The zero-order valence-electron chi connectivity index (χ0n) is 11.2. The van der Waals surface area contributed by atoms with E-state index in [9.17, 15) is 4.39 Å². The summed E-state index contributed by atoms with van der Waals surface area (Å²) in [5.41, 5.74) is 7.40. The van der Waals surface area contributed by atoms with Crippen LogP contribution in [0.25, 0.3) is 11.0 Å². The van der Waals surface area contributed by atoms with E-state index in [1.807, 2.05) is 10.6 Å². The Balaban J connectivity index is 2.65. The molecular weight excluding hydrogens is 229 g/mol. The summed E-state index contributed by atoms with van der Waals surface area (Å²) in [5, 5.41) is 0. The lowest BCUT2D eigenvalue weighted by Gasteiger charge is -2.17. The topological polar surface area (TPSA) is 43.8 Å². The largest absolute Gasteiger partial charge is 0.324 e. The minimum Gasteiger partial charge on any atom is -0.324 e. The Kier molecular flexibility index (Phi) is 3.66. The van der Waals surface area contributed by atoms with Crippen LogP contribution in [0, 0.1) is 5.82 Å². The van der Waals surface area contributed by atoms with Crippen LogP contribution in [-0.2, 0) is 0 Å². The van der Waals surface area contributed by atoms with Gasteiger partial charge in [0.25, 0.3) is 0 Å². The van der Waals surface area contributed by atoms with Crippen LogP contribution in [0.2, 0.25) is 0 Å². The predicted molar refractivity (Wildman–Crippen MR) is 71.9 cm³/mol. The molecule has 0 amide bonds. The summed E-state index contributed by atoms with van der Waals surface area (Å²) in [6, 6.07) is 5.13. The van der Waals surface area contributed by atoms with E-state index in [1.54, 1.807) is 6.07 Å². The smallest absolute Gasteiger partial charge is 0.151 e. The summed E-state index contributed by atoms with van der Waals surface area (Å²) in [5.74, 6) is 0.504. The maximum Gasteiger partial charge on any atom is 0.151 e. The van der Waals surface area contributed by atoms with E-state index in [2.05, 4.69) is 25.8 Å². The molecule has 0 aliphatic carbocycles. The van der Waals surface area contributed by atoms with Crippen molar-refractivity contribution in [2.24, 2.45) is 5.73 Å². The van der Waals surface area contributed by atoms with Crippen LogP contribution in [0.4, 0.5) is 4.39 Å². The van der Waals surface area contributed by atoms with Crippen LogP contribution in [0.1, 0.15) is 51.5 Å². The van der Waals surface area contributed by atoms with Gasteiger partial charge in [0.05, 0.1) is 11.6 Å². The molecular formula is C14H20FN3. The Hall–Kier alpha value is -1.42. The third kappa shape index (κ3) is 2.12. The van der Waals surface area contributed by atoms with E-state index < -0.39 is 0 Å². The average Bonchev–Trinajstić information content (AvgIpc) is 2.70. The minimum atomic E-state index is -0.281. The molecule has 1 atom stereocenters. The molecule has 1 unspecified atom stereocenters. The molecule has 0 aliphatic heterocycles. The molecule has 2 aromatic rings. The summed E-state index contributed by atoms with van der Waals surface area (Å²) < 4.78 is 15.8. The number of benzene rings is 1. The molecule has 0 saturated heterocycles. The third-order valence-electron chi connectivity index (χ3n) is 3.15. The first-order valence-electron chi connectivity index (χ1n) is 6.48. The third-order valence-corrected chi connectivity index (χ3v) is 3.15. The molecule has 1 aromatic heterocycles. The van der Waals surface area contributed by atoms with Crippen molar-refractivity contribution in [2.45, 2.75) is 45.7 Å². The second-order valence-corrected chi connectivity index (χ2v) is 4.94. The van der Waals surface area contributed by atoms with E-state index in [4.69, 9.17) is 5.73 Å². The fourth-order valence-electron chi connectivity index (χ4n) is 2.35. The molecule has 98 valence electrons. The molecule has 18 heavy (non-hydrogen) atoms. The fourth-order valence-corrected chi connectivity index (χ4v) is 2.35. The van der Waals surface area contributed by atoms with Gasteiger partial charge in [-0.15, -0.1) is 0 Å². The Labute approximate surface area is 107 Å². The minimum absolute atomic E-state index is 0.135. The highest BCUT2D eigenvalue weighted by Crippen LogP contribution is 2.27. The van der Waals surface area contributed by atoms with Gasteiger partial charge in [-0.2, -0.15) is 0 Å². The molecule has 3 nitrogen and oxygen atoms in total. The lowest BCUT2D eigenvalue weighted by Crippen LogP contribution is -2.17. The van der Waals surface area contributed by atoms with Crippen molar-refractivity contribution in [3.05, 3.63) is 29.8 Å². The molecule has 1 heterocycles. The zero-order chi connectivity index (χ0) is 13.3. The summed E-state index contributed by atoms with van der Waals surface area (Å²) in [7, 11) is 0. The van der Waals surface area contributed by atoms with Crippen molar-refractivity contribution in [1.82, 2.24) is 9.55 Å². The molecule has 0 bridgehead atoms. The number of hydrogen-bond acceptors (Lipinski definition) is 2. The second kappa shape index (κ2) is 5.06. The van der Waals surface area contributed by atoms with E-state index in [1.165, 1.54) is 6.07 Å². The number of nitrogens with two attached hydrogens (primary N) is 1. The molecule has 0 aliphatic rings. The number of para-hydroxylation sites is 1. The normalized spacial score (nSPS) is 13.4. The zero-order valence-corrected chi connectivity index (χ0v) is 11.2. The highest BCUT2D eigenvalue weighted by molar-refractivity contribution is 5.77. The van der Waals surface area contributed by atoms with Crippen molar-refractivity contribution >= 4 is 11.0 Å². The van der Waals surface area contributed by atoms with Gasteiger partial charge in [0, 0.05) is 6.04 Å². The standard InChI is InChI=1S/C14H20FN3/c1-4-6-11(16)14-17-13-10(15)7-5-8-12(13)18(14)9(2)3/h5,7-9,11H,4,6,16H2,1-3H3. The van der Waals surface area contributed by atoms with Gasteiger partial charge in [-0.05, 0) is 32.4 Å². The average molecular weight is 249 g/mol. The number of halogens is 1. The van der Waals surface area contributed by atoms with Crippen LogP contribution < -0.4 is 5.73 Å². The molecule has 0 spiro atoms. The number of rotatable bonds is 4. The van der Waals surface area contributed by atoms with Crippen molar-refractivity contribution in [3.63, 3.8) is 0 Å². The van der Waals surface area contributed by atoms with Crippen LogP contribution in [0.5, 0.6) is 0 Å². The fraction of sp³-hybridized carbons (Fsp3) is 0.500. The Morgan fingerprint density at radius 2 is 2.11 bits per heavy atom. The first-order valence-corrected chi connectivity index (χ1v) is 6.48. The van der Waals surface area contributed by atoms with E-state index >= 15 is 0 Å². The van der Waals surface area contributed by atoms with Gasteiger partial charge in [0.1, 0.15) is 11.3 Å². The maximum atomic E-state index is 13.8. The molecule has 2 rings (SSSR count). The van der Waals surface area contributed by atoms with Crippen molar-refractivity contribution < 1.29 is 4.39 Å². The molecule has 2 N–H and O–H groups in total. The van der Waals surface area contributed by atoms with Gasteiger partial charge in [0.2, 0.25) is 0 Å². The van der Waals surface area contributed by atoms with Crippen LogP contribution in [-0.4, -0.2) is 9.55 Å². The number of fused-ring (bicyclic) bond motifs is 1. The van der Waals surface area contributed by atoms with E-state index in [0.29, 0.717) is 5.52 Å². The monoisotopic (exact) mass is 249 g/mol. The summed E-state index contributed by atoms with van der Waals surface area (Å²) >= 11 is 0. The lowest BCUT2D eigenvalue weighted by atomic mass is 10.1. The van der Waals surface area contributed by atoms with Crippen LogP contribution in [0.15, 0.2) is 18.2 Å². The van der Waals surface area contributed by atoms with Crippen molar-refractivity contribution in [1.29, 1.82) is 0 Å². The van der Waals surface area contributed by atoms with Crippen LogP contribution >= 0.6 is 0 Å². The van der Waals surface area contributed by atoms with Gasteiger partial charge in [-0.25, -0.2) is 9.37 Å². The van der Waals surface area contributed by atoms with Crippen molar-refractivity contribution in [2.75, 3.05) is 0 Å². The molecule has 0 fully saturated rings. The summed E-state index contributed by atoms with van der Waals surface area (Å²) in [6.45, 7) is 6.21. The second-order valence-electron chi connectivity index (χ2n) is 4.94. The van der Waals surface area contributed by atoms with Crippen LogP contribution in [0.3, 0.4) is 0 Å². The van der Waals surface area contributed by atoms with Crippen molar-refractivity contribution in [3.8, 4) is 0 Å². The maximum absolute atomic E-state index is 13.8. The molecule has 0 radical (unpaired) electrons. The van der Waals surface area contributed by atoms with Gasteiger partial charge in [-0.1, -0.05) is 19.4 Å². The number of nitrogens with zero attached hydrogens (tertiary/aromatic N) is 2. The summed E-state index contributed by atoms with van der Waals surface area (Å²) in [6.07, 6.45) is 1.85. The van der Waals surface area contributed by atoms with Gasteiger partial charge in [0.15, 0.2) is 5.82 Å². The lowest BCUT2D eigenvalue weighted by molar-refractivity contribution is 0.520. The van der Waals surface area contributed by atoms with E-state index in [0.717, 1.165) is 24.2 Å². The Morgan fingerprint density at radius 3 is 2.72 bits per heavy atom. The van der Waals surface area contributed by atoms with E-state index in [-0.39, 0.29) is 17.9 Å². The highest BCUT2D eigenvalue weighted by atomic mass is 19.1. The predicted octanol–water partition coefficient (Wildman–Crippen LogP) is 3.56. The molecule has 0 saturated carbocycles. The number of aromatic nitrogens is 2. The quantitative estimate of drug-likeness (QED) is 0.900. The summed E-state index contributed by atoms with van der Waals surface area (Å²) in [4.78, 5) is 4.41. The SMILES string of the molecule is CCCC(N)c1nc2c(F)cccc2n1C(C)C. The molecule has 4 heteroatoms. The first kappa shape index (κ1) is 13.0. The first-order chi connectivity index (χ1) is 8.56. The Morgan fingerprint density at radius 1 is 1.39 bits per heavy atom. The highest BCUT2D eigenvalue weighted by Gasteiger charge is 2.19. The molecule has 1 aromatic carbocycles. The number of imidazole rings is 1. The van der Waals surface area contributed by atoms with Gasteiger partial charge in [-0.3, -0.25) is 0 Å². The van der Waals surface area contributed by atoms with Gasteiger partial charge >= 0.3 is 0 Å². The van der Waals surface area contributed by atoms with Gasteiger partial charge < -0.3 is 10.3 Å².